The molecule has 0 saturated carbocycles. The summed E-state index contributed by atoms with van der Waals surface area (Å²) in [6.07, 6.45) is 1.42. The topological polar surface area (TPSA) is 104 Å². The normalized spacial score (nSPS) is 18.2. The van der Waals surface area contributed by atoms with E-state index in [1.165, 1.54) is 12.1 Å². The summed E-state index contributed by atoms with van der Waals surface area (Å²) >= 11 is 0. The molecular formula is C13H16N2O5. The number of nitro groups is 1. The van der Waals surface area contributed by atoms with E-state index in [1.807, 2.05) is 0 Å². The van der Waals surface area contributed by atoms with Gasteiger partial charge in [0.05, 0.1) is 10.5 Å². The standard InChI is InChI=1S/C13H16N2O5/c16-7-5-9-4-6-14(8-9)13(18)10-2-1-3-11(12(10)17)15(19)20/h1-3,9,16-17H,4-8H2. The zero-order valence-electron chi connectivity index (χ0n) is 10.9. The minimum absolute atomic E-state index is 0.0520. The minimum atomic E-state index is -0.718. The molecule has 1 unspecified atom stereocenters. The summed E-state index contributed by atoms with van der Waals surface area (Å²) in [5.74, 6) is -0.760. The highest BCUT2D eigenvalue weighted by Crippen LogP contribution is 2.31. The number of nitrogens with zero attached hydrogens (tertiary/aromatic N) is 2. The number of benzene rings is 1. The average Bonchev–Trinajstić information content (AvgIpc) is 2.87. The molecule has 0 spiro atoms. The second-order valence-corrected chi connectivity index (χ2v) is 4.85. The van der Waals surface area contributed by atoms with Crippen molar-refractivity contribution in [1.29, 1.82) is 0 Å². The summed E-state index contributed by atoms with van der Waals surface area (Å²) in [4.78, 5) is 23.9. The molecule has 1 fully saturated rings. The van der Waals surface area contributed by atoms with E-state index in [4.69, 9.17) is 5.11 Å². The smallest absolute Gasteiger partial charge is 0.311 e. The van der Waals surface area contributed by atoms with Gasteiger partial charge in [-0.15, -0.1) is 0 Å². The van der Waals surface area contributed by atoms with Gasteiger partial charge in [0.2, 0.25) is 5.75 Å². The highest BCUT2D eigenvalue weighted by molar-refractivity contribution is 5.98. The van der Waals surface area contributed by atoms with Gasteiger partial charge in [0.1, 0.15) is 0 Å². The molecule has 1 aromatic rings. The number of para-hydroxylation sites is 1. The lowest BCUT2D eigenvalue weighted by Gasteiger charge is -2.17. The Hall–Kier alpha value is -2.15. The molecule has 1 atom stereocenters. The molecule has 0 aromatic heterocycles. The van der Waals surface area contributed by atoms with Crippen molar-refractivity contribution in [2.45, 2.75) is 12.8 Å². The summed E-state index contributed by atoms with van der Waals surface area (Å²) < 4.78 is 0. The van der Waals surface area contributed by atoms with Crippen molar-refractivity contribution in [2.24, 2.45) is 5.92 Å². The lowest BCUT2D eigenvalue weighted by molar-refractivity contribution is -0.385. The van der Waals surface area contributed by atoms with Gasteiger partial charge >= 0.3 is 5.69 Å². The molecule has 1 aromatic carbocycles. The molecule has 7 nitrogen and oxygen atoms in total. The Morgan fingerprint density at radius 2 is 2.25 bits per heavy atom. The fourth-order valence-corrected chi connectivity index (χ4v) is 2.46. The molecule has 2 rings (SSSR count). The number of phenols is 1. The SMILES string of the molecule is O=C(c1cccc([N+](=O)[O-])c1O)N1CCC(CCO)C1. The fourth-order valence-electron chi connectivity index (χ4n) is 2.46. The molecule has 0 bridgehead atoms. The van der Waals surface area contributed by atoms with Crippen LogP contribution in [-0.4, -0.2) is 45.6 Å². The van der Waals surface area contributed by atoms with Crippen LogP contribution in [0, 0.1) is 16.0 Å². The molecule has 1 heterocycles. The zero-order chi connectivity index (χ0) is 14.7. The fraction of sp³-hybridized carbons (Fsp3) is 0.462. The molecule has 20 heavy (non-hydrogen) atoms. The van der Waals surface area contributed by atoms with Crippen LogP contribution in [-0.2, 0) is 0 Å². The number of aliphatic hydroxyl groups excluding tert-OH is 1. The number of aliphatic hydroxyl groups is 1. The van der Waals surface area contributed by atoms with Gasteiger partial charge in [-0.05, 0) is 24.8 Å². The number of hydrogen-bond acceptors (Lipinski definition) is 5. The quantitative estimate of drug-likeness (QED) is 0.636. The maximum Gasteiger partial charge on any atom is 0.311 e. The van der Waals surface area contributed by atoms with E-state index in [9.17, 15) is 20.0 Å². The number of amides is 1. The first kappa shape index (κ1) is 14.3. The number of aromatic hydroxyl groups is 1. The Kier molecular flexibility index (Phi) is 4.19. The Morgan fingerprint density at radius 3 is 2.90 bits per heavy atom. The summed E-state index contributed by atoms with van der Waals surface area (Å²) in [6, 6.07) is 3.92. The van der Waals surface area contributed by atoms with Crippen LogP contribution < -0.4 is 0 Å². The maximum atomic E-state index is 12.3. The molecule has 1 aliphatic heterocycles. The monoisotopic (exact) mass is 280 g/mol. The zero-order valence-corrected chi connectivity index (χ0v) is 10.9. The summed E-state index contributed by atoms with van der Waals surface area (Å²) in [5.41, 5.74) is -0.522. The third-order valence-electron chi connectivity index (χ3n) is 3.55. The molecule has 7 heteroatoms. The number of nitro benzene ring substituents is 1. The van der Waals surface area contributed by atoms with Crippen LogP contribution in [0.2, 0.25) is 0 Å². The molecule has 108 valence electrons. The van der Waals surface area contributed by atoms with E-state index in [-0.39, 0.29) is 18.1 Å². The van der Waals surface area contributed by atoms with Gasteiger partial charge in [0, 0.05) is 25.8 Å². The van der Waals surface area contributed by atoms with Crippen LogP contribution in [0.1, 0.15) is 23.2 Å². The van der Waals surface area contributed by atoms with Gasteiger partial charge in [-0.3, -0.25) is 14.9 Å². The number of carbonyl (C=O) groups excluding carboxylic acids is 1. The van der Waals surface area contributed by atoms with Gasteiger partial charge in [-0.25, -0.2) is 0 Å². The Morgan fingerprint density at radius 1 is 1.50 bits per heavy atom. The Labute approximate surface area is 115 Å². The Balaban J connectivity index is 2.18. The van der Waals surface area contributed by atoms with Gasteiger partial charge in [0.25, 0.3) is 5.91 Å². The molecule has 1 amide bonds. The first-order valence-corrected chi connectivity index (χ1v) is 6.41. The minimum Gasteiger partial charge on any atom is -0.502 e. The van der Waals surface area contributed by atoms with E-state index in [1.54, 1.807) is 4.90 Å². The van der Waals surface area contributed by atoms with Gasteiger partial charge in [0.15, 0.2) is 0 Å². The molecule has 2 N–H and O–H groups in total. The van der Waals surface area contributed by atoms with Gasteiger partial charge in [-0.2, -0.15) is 0 Å². The van der Waals surface area contributed by atoms with Crippen LogP contribution in [0.15, 0.2) is 18.2 Å². The number of rotatable bonds is 4. The number of carbonyl (C=O) groups is 1. The van der Waals surface area contributed by atoms with Gasteiger partial charge in [-0.1, -0.05) is 6.07 Å². The van der Waals surface area contributed by atoms with E-state index in [0.717, 1.165) is 12.5 Å². The van der Waals surface area contributed by atoms with Crippen molar-refractivity contribution >= 4 is 11.6 Å². The second kappa shape index (κ2) is 5.87. The maximum absolute atomic E-state index is 12.3. The third-order valence-corrected chi connectivity index (χ3v) is 3.55. The summed E-state index contributed by atoms with van der Waals surface area (Å²) in [6.45, 7) is 1.11. The molecule has 0 aliphatic carbocycles. The van der Waals surface area contributed by atoms with Crippen LogP contribution in [0.25, 0.3) is 0 Å². The predicted molar refractivity (Wildman–Crippen MR) is 70.5 cm³/mol. The lowest BCUT2D eigenvalue weighted by Crippen LogP contribution is -2.29. The predicted octanol–water partition coefficient (Wildman–Crippen LogP) is 1.14. The highest BCUT2D eigenvalue weighted by Gasteiger charge is 2.29. The average molecular weight is 280 g/mol. The van der Waals surface area contributed by atoms with Crippen LogP contribution in [0.5, 0.6) is 5.75 Å². The highest BCUT2D eigenvalue weighted by atomic mass is 16.6. The van der Waals surface area contributed by atoms with Crippen molar-refractivity contribution in [3.8, 4) is 5.75 Å². The first-order valence-electron chi connectivity index (χ1n) is 6.41. The van der Waals surface area contributed by atoms with Crippen LogP contribution >= 0.6 is 0 Å². The van der Waals surface area contributed by atoms with Crippen molar-refractivity contribution in [3.63, 3.8) is 0 Å². The second-order valence-electron chi connectivity index (χ2n) is 4.85. The van der Waals surface area contributed by atoms with Crippen molar-refractivity contribution in [3.05, 3.63) is 33.9 Å². The number of phenolic OH excluding ortho intramolecular Hbond substituents is 1. The van der Waals surface area contributed by atoms with Crippen molar-refractivity contribution < 1.29 is 19.9 Å². The van der Waals surface area contributed by atoms with Crippen LogP contribution in [0.4, 0.5) is 5.69 Å². The van der Waals surface area contributed by atoms with E-state index in [0.29, 0.717) is 19.5 Å². The van der Waals surface area contributed by atoms with E-state index in [2.05, 4.69) is 0 Å². The molecule has 1 saturated heterocycles. The summed E-state index contributed by atoms with van der Waals surface area (Å²) in [7, 11) is 0. The van der Waals surface area contributed by atoms with E-state index < -0.39 is 22.3 Å². The number of likely N-dealkylation sites (tertiary alicyclic amines) is 1. The molecular weight excluding hydrogens is 264 g/mol. The third kappa shape index (κ3) is 2.72. The largest absolute Gasteiger partial charge is 0.502 e. The van der Waals surface area contributed by atoms with Crippen molar-refractivity contribution in [1.82, 2.24) is 4.90 Å². The Bertz CT molecular complexity index is 531. The van der Waals surface area contributed by atoms with Crippen LogP contribution in [0.3, 0.4) is 0 Å². The summed E-state index contributed by atoms with van der Waals surface area (Å²) in [5, 5.41) is 29.5. The number of hydrogen-bond donors (Lipinski definition) is 2. The first-order chi connectivity index (χ1) is 9.54. The van der Waals surface area contributed by atoms with Gasteiger partial charge < -0.3 is 15.1 Å². The molecule has 0 radical (unpaired) electrons. The molecule has 1 aliphatic rings. The van der Waals surface area contributed by atoms with Crippen molar-refractivity contribution in [2.75, 3.05) is 19.7 Å². The van der Waals surface area contributed by atoms with E-state index >= 15 is 0 Å². The lowest BCUT2D eigenvalue weighted by atomic mass is 10.1.